The Bertz CT molecular complexity index is 385. The van der Waals surface area contributed by atoms with Crippen LogP contribution in [0.2, 0.25) is 5.02 Å². The quantitative estimate of drug-likeness (QED) is 0.855. The molecule has 0 heterocycles. The summed E-state index contributed by atoms with van der Waals surface area (Å²) < 4.78 is 0. The van der Waals surface area contributed by atoms with Gasteiger partial charge in [-0.1, -0.05) is 11.6 Å². The van der Waals surface area contributed by atoms with Crippen LogP contribution in [-0.2, 0) is 0 Å². The number of hydrogen-bond donors (Lipinski definition) is 1. The summed E-state index contributed by atoms with van der Waals surface area (Å²) in [6.07, 6.45) is -0.433. The molecule has 1 N–H and O–H groups in total. The molecule has 1 atom stereocenters. The topological polar surface area (TPSA) is 47.3 Å². The highest BCUT2D eigenvalue weighted by molar-refractivity contribution is 6.30. The van der Waals surface area contributed by atoms with Crippen molar-refractivity contribution in [2.75, 3.05) is 18.5 Å². The van der Waals surface area contributed by atoms with Gasteiger partial charge in [-0.15, -0.1) is 0 Å². The zero-order chi connectivity index (χ0) is 11.4. The Balaban J connectivity index is 2.99. The highest BCUT2D eigenvalue weighted by Gasteiger charge is 2.09. The molecule has 0 fully saturated rings. The molecule has 0 saturated carbocycles. The molecular weight excluding hydrogens is 212 g/mol. The van der Waals surface area contributed by atoms with Crippen LogP contribution in [0.25, 0.3) is 0 Å². The largest absolute Gasteiger partial charge is 0.392 e. The van der Waals surface area contributed by atoms with E-state index in [0.29, 0.717) is 17.1 Å². The summed E-state index contributed by atoms with van der Waals surface area (Å²) in [6, 6.07) is 7.22. The summed E-state index contributed by atoms with van der Waals surface area (Å²) in [7, 11) is 1.83. The number of nitriles is 1. The van der Waals surface area contributed by atoms with E-state index in [1.807, 2.05) is 11.9 Å². The Morgan fingerprint density at radius 3 is 2.80 bits per heavy atom. The number of anilines is 1. The minimum atomic E-state index is -0.433. The van der Waals surface area contributed by atoms with Crippen LogP contribution >= 0.6 is 11.6 Å². The van der Waals surface area contributed by atoms with Gasteiger partial charge in [-0.25, -0.2) is 0 Å². The van der Waals surface area contributed by atoms with Crippen LogP contribution < -0.4 is 4.90 Å². The second-order valence-electron chi connectivity index (χ2n) is 3.50. The van der Waals surface area contributed by atoms with Crippen molar-refractivity contribution in [3.8, 4) is 6.07 Å². The van der Waals surface area contributed by atoms with Gasteiger partial charge >= 0.3 is 0 Å². The van der Waals surface area contributed by atoms with Crippen LogP contribution in [0, 0.1) is 11.3 Å². The summed E-state index contributed by atoms with van der Waals surface area (Å²) in [5, 5.41) is 18.7. The molecule has 1 unspecified atom stereocenters. The maximum absolute atomic E-state index is 9.25. The smallest absolute Gasteiger partial charge is 0.101 e. The Morgan fingerprint density at radius 1 is 1.60 bits per heavy atom. The molecule has 0 amide bonds. The lowest BCUT2D eigenvalue weighted by atomic mass is 10.1. The van der Waals surface area contributed by atoms with Gasteiger partial charge < -0.3 is 10.0 Å². The number of aliphatic hydroxyl groups is 1. The van der Waals surface area contributed by atoms with Crippen LogP contribution in [-0.4, -0.2) is 24.8 Å². The second kappa shape index (κ2) is 5.01. The van der Waals surface area contributed by atoms with Gasteiger partial charge in [0.1, 0.15) is 6.07 Å². The van der Waals surface area contributed by atoms with Crippen molar-refractivity contribution in [3.05, 3.63) is 28.8 Å². The minimum absolute atomic E-state index is 0.433. The average Bonchev–Trinajstić information content (AvgIpc) is 2.16. The number of hydrogen-bond acceptors (Lipinski definition) is 3. The van der Waals surface area contributed by atoms with E-state index in [0.717, 1.165) is 5.69 Å². The normalized spacial score (nSPS) is 11.9. The van der Waals surface area contributed by atoms with Crippen molar-refractivity contribution < 1.29 is 5.11 Å². The molecule has 0 aliphatic rings. The number of rotatable bonds is 3. The van der Waals surface area contributed by atoms with Crippen molar-refractivity contribution >= 4 is 17.3 Å². The third kappa shape index (κ3) is 3.12. The molecule has 1 aromatic carbocycles. The van der Waals surface area contributed by atoms with E-state index in [1.165, 1.54) is 0 Å². The van der Waals surface area contributed by atoms with E-state index in [9.17, 15) is 5.11 Å². The molecule has 0 aromatic heterocycles. The lowest BCUT2D eigenvalue weighted by molar-refractivity contribution is 0.201. The molecule has 80 valence electrons. The molecule has 0 aliphatic carbocycles. The Morgan fingerprint density at radius 2 is 2.27 bits per heavy atom. The Kier molecular flexibility index (Phi) is 3.96. The molecule has 1 rings (SSSR count). The molecule has 0 saturated heterocycles. The number of benzene rings is 1. The monoisotopic (exact) mass is 224 g/mol. The maximum atomic E-state index is 9.25. The standard InChI is InChI=1S/C11H13ClN2O/c1-8(15)7-14(2)11-4-3-10(12)5-9(11)6-13/h3-5,8,15H,7H2,1-2H3. The summed E-state index contributed by atoms with van der Waals surface area (Å²) in [5.41, 5.74) is 1.30. The van der Waals surface area contributed by atoms with Gasteiger partial charge in [-0.05, 0) is 25.1 Å². The first-order valence-electron chi connectivity index (χ1n) is 4.63. The van der Waals surface area contributed by atoms with E-state index in [-0.39, 0.29) is 0 Å². The minimum Gasteiger partial charge on any atom is -0.392 e. The van der Waals surface area contributed by atoms with Crippen LogP contribution in [0.3, 0.4) is 0 Å². The molecule has 15 heavy (non-hydrogen) atoms. The molecule has 0 radical (unpaired) electrons. The fraction of sp³-hybridized carbons (Fsp3) is 0.364. The highest BCUT2D eigenvalue weighted by Crippen LogP contribution is 2.22. The van der Waals surface area contributed by atoms with Gasteiger partial charge in [0.15, 0.2) is 0 Å². The van der Waals surface area contributed by atoms with E-state index in [1.54, 1.807) is 25.1 Å². The van der Waals surface area contributed by atoms with E-state index in [4.69, 9.17) is 16.9 Å². The number of nitrogens with zero attached hydrogens (tertiary/aromatic N) is 2. The molecule has 0 spiro atoms. The fourth-order valence-electron chi connectivity index (χ4n) is 1.43. The zero-order valence-corrected chi connectivity index (χ0v) is 9.49. The summed E-state index contributed by atoms with van der Waals surface area (Å²) in [4.78, 5) is 1.83. The Labute approximate surface area is 94.5 Å². The maximum Gasteiger partial charge on any atom is 0.101 e. The van der Waals surface area contributed by atoms with Crippen molar-refractivity contribution in [3.63, 3.8) is 0 Å². The first-order valence-corrected chi connectivity index (χ1v) is 5.01. The molecular formula is C11H13ClN2O. The van der Waals surface area contributed by atoms with Gasteiger partial charge in [0.25, 0.3) is 0 Å². The summed E-state index contributed by atoms with van der Waals surface area (Å²) >= 11 is 5.79. The number of aliphatic hydroxyl groups excluding tert-OH is 1. The number of likely N-dealkylation sites (N-methyl/N-ethyl adjacent to an activating group) is 1. The highest BCUT2D eigenvalue weighted by atomic mass is 35.5. The first-order chi connectivity index (χ1) is 7.04. The third-order valence-corrected chi connectivity index (χ3v) is 2.26. The zero-order valence-electron chi connectivity index (χ0n) is 8.74. The Hall–Kier alpha value is -1.24. The molecule has 0 bridgehead atoms. The first kappa shape index (κ1) is 11.8. The summed E-state index contributed by atoms with van der Waals surface area (Å²) in [5.74, 6) is 0. The van der Waals surface area contributed by atoms with Crippen molar-refractivity contribution in [1.29, 1.82) is 5.26 Å². The molecule has 3 nitrogen and oxygen atoms in total. The lowest BCUT2D eigenvalue weighted by Crippen LogP contribution is -2.27. The predicted molar refractivity (Wildman–Crippen MR) is 61.1 cm³/mol. The van der Waals surface area contributed by atoms with Crippen molar-refractivity contribution in [2.24, 2.45) is 0 Å². The van der Waals surface area contributed by atoms with Gasteiger partial charge in [-0.2, -0.15) is 5.26 Å². The van der Waals surface area contributed by atoms with Gasteiger partial charge in [0.05, 0.1) is 17.4 Å². The summed E-state index contributed by atoms with van der Waals surface area (Å²) in [6.45, 7) is 2.19. The second-order valence-corrected chi connectivity index (χ2v) is 3.94. The number of halogens is 1. The van der Waals surface area contributed by atoms with Crippen molar-refractivity contribution in [1.82, 2.24) is 0 Å². The van der Waals surface area contributed by atoms with E-state index >= 15 is 0 Å². The van der Waals surface area contributed by atoms with Crippen LogP contribution in [0.5, 0.6) is 0 Å². The fourth-order valence-corrected chi connectivity index (χ4v) is 1.60. The van der Waals surface area contributed by atoms with Gasteiger partial charge in [0.2, 0.25) is 0 Å². The van der Waals surface area contributed by atoms with Crippen LogP contribution in [0.15, 0.2) is 18.2 Å². The van der Waals surface area contributed by atoms with E-state index in [2.05, 4.69) is 6.07 Å². The van der Waals surface area contributed by atoms with E-state index < -0.39 is 6.10 Å². The lowest BCUT2D eigenvalue weighted by Gasteiger charge is -2.21. The van der Waals surface area contributed by atoms with Gasteiger partial charge in [0, 0.05) is 18.6 Å². The molecule has 4 heteroatoms. The van der Waals surface area contributed by atoms with Crippen LogP contribution in [0.4, 0.5) is 5.69 Å². The van der Waals surface area contributed by atoms with Gasteiger partial charge in [-0.3, -0.25) is 0 Å². The van der Waals surface area contributed by atoms with Crippen molar-refractivity contribution in [2.45, 2.75) is 13.0 Å². The molecule has 0 aliphatic heterocycles. The average molecular weight is 225 g/mol. The predicted octanol–water partition coefficient (Wildman–Crippen LogP) is 2.03. The molecule has 1 aromatic rings. The van der Waals surface area contributed by atoms with Crippen LogP contribution in [0.1, 0.15) is 12.5 Å². The SMILES string of the molecule is CC(O)CN(C)c1ccc(Cl)cc1C#N. The third-order valence-electron chi connectivity index (χ3n) is 2.03.